The highest BCUT2D eigenvalue weighted by Crippen LogP contribution is 2.25. The van der Waals surface area contributed by atoms with Crippen LogP contribution in [0.2, 0.25) is 5.02 Å². The van der Waals surface area contributed by atoms with Gasteiger partial charge in [-0.3, -0.25) is 9.59 Å². The molecule has 312 valence electrons. The van der Waals surface area contributed by atoms with Gasteiger partial charge in [-0.05, 0) is 71.8 Å². The number of fused-ring (bicyclic) bond motifs is 1. The van der Waals surface area contributed by atoms with Crippen molar-refractivity contribution in [1.82, 2.24) is 19.4 Å². The fourth-order valence-corrected chi connectivity index (χ4v) is 6.98. The normalized spacial score (nSPS) is 14.3. The fraction of sp³-hybridized carbons (Fsp3) is 0.326. The zero-order valence-corrected chi connectivity index (χ0v) is 33.0. The third-order valence-electron chi connectivity index (χ3n) is 10.1. The number of nitrogens with zero attached hydrogens (tertiary/aromatic N) is 4. The van der Waals surface area contributed by atoms with E-state index in [2.05, 4.69) is 22.0 Å². The topological polar surface area (TPSA) is 183 Å². The van der Waals surface area contributed by atoms with Crippen molar-refractivity contribution < 1.29 is 48.3 Å². The van der Waals surface area contributed by atoms with Gasteiger partial charge in [-0.2, -0.15) is 4.98 Å². The Kier molecular flexibility index (Phi) is 15.8. The number of amides is 1. The number of halogens is 3. The lowest BCUT2D eigenvalue weighted by atomic mass is 10.0. The van der Waals surface area contributed by atoms with Gasteiger partial charge in [-0.25, -0.2) is 18.4 Å². The van der Waals surface area contributed by atoms with Crippen molar-refractivity contribution in [3.63, 3.8) is 0 Å². The van der Waals surface area contributed by atoms with Crippen LogP contribution >= 0.6 is 11.6 Å². The molecule has 2 atom stereocenters. The van der Waals surface area contributed by atoms with Gasteiger partial charge in [-0.15, -0.1) is 0 Å². The molecule has 4 N–H and O–H groups in total. The van der Waals surface area contributed by atoms with Crippen LogP contribution in [0.5, 0.6) is 0 Å². The van der Waals surface area contributed by atoms with Crippen LogP contribution in [-0.4, -0.2) is 109 Å². The quantitative estimate of drug-likeness (QED) is 0.114. The van der Waals surface area contributed by atoms with E-state index in [1.54, 1.807) is 29.9 Å². The van der Waals surface area contributed by atoms with E-state index in [4.69, 9.17) is 36.8 Å². The third-order valence-corrected chi connectivity index (χ3v) is 10.4. The number of aromatic nitrogens is 2. The molecular formula is C43H45ClF2N4O9. The number of carboxylic acids is 2. The lowest BCUT2D eigenvalue weighted by Gasteiger charge is -2.39. The Morgan fingerprint density at radius 3 is 2.08 bits per heavy atom. The number of rotatable bonds is 15. The molecule has 1 aliphatic heterocycles. The molecule has 1 saturated heterocycles. The van der Waals surface area contributed by atoms with E-state index < -0.39 is 41.3 Å². The third kappa shape index (κ3) is 11.8. The van der Waals surface area contributed by atoms with Crippen LogP contribution in [0.1, 0.15) is 29.8 Å². The molecule has 5 aromatic rings. The number of piperidine rings is 1. The molecule has 0 radical (unpaired) electrons. The Bertz CT molecular complexity index is 2270. The van der Waals surface area contributed by atoms with Crippen LogP contribution in [-0.2, 0) is 45.1 Å². The first-order chi connectivity index (χ1) is 28.3. The van der Waals surface area contributed by atoms with Crippen LogP contribution in [0.3, 0.4) is 0 Å². The van der Waals surface area contributed by atoms with Crippen molar-refractivity contribution in [3.8, 4) is 11.1 Å². The number of likely N-dealkylation sites (tertiary alicyclic amines) is 1. The van der Waals surface area contributed by atoms with Gasteiger partial charge in [0.05, 0.1) is 17.5 Å². The molecule has 1 amide bonds. The molecule has 0 saturated carbocycles. The first kappa shape index (κ1) is 44.5. The number of aliphatic hydroxyl groups is 2. The van der Waals surface area contributed by atoms with E-state index in [0.717, 1.165) is 55.2 Å². The second-order valence-corrected chi connectivity index (χ2v) is 14.4. The molecule has 4 aromatic carbocycles. The molecular weight excluding hydrogens is 790 g/mol. The Morgan fingerprint density at radius 2 is 1.47 bits per heavy atom. The molecule has 1 fully saturated rings. The van der Waals surface area contributed by atoms with Crippen molar-refractivity contribution >= 4 is 40.3 Å². The summed E-state index contributed by atoms with van der Waals surface area (Å²) in [5, 5.41) is 33.6. The predicted octanol–water partition coefficient (Wildman–Crippen LogP) is 4.80. The highest BCUT2D eigenvalue weighted by molar-refractivity contribution is 6.30. The van der Waals surface area contributed by atoms with Crippen LogP contribution in [0.15, 0.2) is 95.8 Å². The number of ether oxygens (including phenoxy) is 1. The average Bonchev–Trinajstić information content (AvgIpc) is 3.24. The van der Waals surface area contributed by atoms with Gasteiger partial charge in [0, 0.05) is 50.8 Å². The number of aliphatic carboxylic acids is 2. The van der Waals surface area contributed by atoms with Crippen molar-refractivity contribution in [2.45, 2.75) is 57.0 Å². The summed E-state index contributed by atoms with van der Waals surface area (Å²) in [5.41, 5.74) is 3.44. The number of hydrogen-bond acceptors (Lipinski definition) is 9. The average molecular weight is 835 g/mol. The van der Waals surface area contributed by atoms with E-state index in [9.17, 15) is 28.0 Å². The molecule has 0 spiro atoms. The number of benzene rings is 4. The van der Waals surface area contributed by atoms with E-state index >= 15 is 0 Å². The van der Waals surface area contributed by atoms with Gasteiger partial charge in [0.25, 0.3) is 5.56 Å². The number of aryl methyl sites for hydroxylation is 2. The zero-order chi connectivity index (χ0) is 42.6. The number of carboxylic acid groups (broad SMARTS) is 2. The van der Waals surface area contributed by atoms with Crippen molar-refractivity contribution in [2.24, 2.45) is 0 Å². The SMILES string of the molecule is COCCN1CCC(N(Cc2ccc(-c3ccc(Cl)cc3)cc2)C(=O)Cn2c(CCc3cccc(F)c3F)nc(=O)c3ccccc32)CC1.O=C(O)C(O)C(O)C(=O)O. The summed E-state index contributed by atoms with van der Waals surface area (Å²) in [6.45, 7) is 3.55. The molecule has 13 nitrogen and oxygen atoms in total. The lowest BCUT2D eigenvalue weighted by molar-refractivity contribution is -0.165. The summed E-state index contributed by atoms with van der Waals surface area (Å²) < 4.78 is 35.6. The van der Waals surface area contributed by atoms with Crippen LogP contribution in [0, 0.1) is 11.6 Å². The maximum absolute atomic E-state index is 14.6. The van der Waals surface area contributed by atoms with E-state index in [1.807, 2.05) is 47.4 Å². The molecule has 6 rings (SSSR count). The number of aliphatic hydroxyl groups excluding tert-OH is 2. The smallest absolute Gasteiger partial charge is 0.335 e. The maximum atomic E-state index is 14.6. The molecule has 1 aliphatic rings. The zero-order valence-electron chi connectivity index (χ0n) is 32.2. The van der Waals surface area contributed by atoms with Gasteiger partial charge in [-0.1, -0.05) is 72.3 Å². The lowest BCUT2D eigenvalue weighted by Crippen LogP contribution is -2.48. The summed E-state index contributed by atoms with van der Waals surface area (Å²) in [6.07, 6.45) is -2.64. The van der Waals surface area contributed by atoms with Crippen molar-refractivity contribution in [2.75, 3.05) is 33.4 Å². The summed E-state index contributed by atoms with van der Waals surface area (Å²) in [6, 6.07) is 27.0. The van der Waals surface area contributed by atoms with Crippen molar-refractivity contribution in [3.05, 3.63) is 135 Å². The van der Waals surface area contributed by atoms with E-state index in [0.29, 0.717) is 34.9 Å². The predicted molar refractivity (Wildman–Crippen MR) is 216 cm³/mol. The molecule has 0 aliphatic carbocycles. The van der Waals surface area contributed by atoms with E-state index in [-0.39, 0.29) is 36.9 Å². The van der Waals surface area contributed by atoms with Gasteiger partial charge < -0.3 is 39.5 Å². The highest BCUT2D eigenvalue weighted by Gasteiger charge is 2.30. The number of para-hydroxylation sites is 1. The summed E-state index contributed by atoms with van der Waals surface area (Å²) >= 11 is 6.09. The largest absolute Gasteiger partial charge is 0.479 e. The summed E-state index contributed by atoms with van der Waals surface area (Å²) in [7, 11) is 1.70. The van der Waals surface area contributed by atoms with E-state index in [1.165, 1.54) is 12.1 Å². The number of carbonyl (C=O) groups excluding carboxylic acids is 1. The Balaban J connectivity index is 0.000000586. The molecule has 2 unspecified atom stereocenters. The minimum absolute atomic E-state index is 0.00526. The van der Waals surface area contributed by atoms with Crippen molar-refractivity contribution in [1.29, 1.82) is 0 Å². The molecule has 0 bridgehead atoms. The minimum Gasteiger partial charge on any atom is -0.479 e. The summed E-state index contributed by atoms with van der Waals surface area (Å²) in [5.74, 6) is -5.14. The highest BCUT2D eigenvalue weighted by atomic mass is 35.5. The standard InChI is InChI=1S/C39H39ClF2N4O3.C4H6O6/c1-49-24-23-44-21-19-32(20-22-44)45(25-27-9-11-28(12-10-27)29-13-16-31(40)17-14-29)37(47)26-46-35-8-3-2-6-33(35)39(48)43-36(46)18-15-30-5-4-7-34(41)38(30)42;5-1(3(7)8)2(6)4(9)10/h2-14,16-17,32H,15,18-26H2,1H3;1-2,5-6H,(H,7,8)(H,9,10). The molecule has 59 heavy (non-hydrogen) atoms. The van der Waals surface area contributed by atoms with Gasteiger partial charge >= 0.3 is 11.9 Å². The fourth-order valence-electron chi connectivity index (χ4n) is 6.86. The number of hydrogen-bond donors (Lipinski definition) is 4. The Morgan fingerprint density at radius 1 is 0.864 bits per heavy atom. The van der Waals surface area contributed by atoms with Crippen LogP contribution < -0.4 is 5.56 Å². The minimum atomic E-state index is -2.27. The second-order valence-electron chi connectivity index (χ2n) is 14.0. The van der Waals surface area contributed by atoms with Gasteiger partial charge in [0.2, 0.25) is 5.91 Å². The molecule has 2 heterocycles. The maximum Gasteiger partial charge on any atom is 0.335 e. The first-order valence-corrected chi connectivity index (χ1v) is 19.2. The number of methoxy groups -OCH3 is 1. The Labute approximate surface area is 343 Å². The van der Waals surface area contributed by atoms with Gasteiger partial charge in [0.15, 0.2) is 23.8 Å². The second kappa shape index (κ2) is 20.9. The first-order valence-electron chi connectivity index (χ1n) is 18.9. The van der Waals surface area contributed by atoms with Crippen LogP contribution in [0.4, 0.5) is 8.78 Å². The molecule has 16 heteroatoms. The molecule has 1 aromatic heterocycles. The Hall–Kier alpha value is -5.58. The monoisotopic (exact) mass is 834 g/mol. The van der Waals surface area contributed by atoms with Gasteiger partial charge in [0.1, 0.15) is 12.4 Å². The number of carbonyl (C=O) groups is 3. The van der Waals surface area contributed by atoms with Crippen LogP contribution in [0.25, 0.3) is 22.0 Å². The summed E-state index contributed by atoms with van der Waals surface area (Å²) in [4.78, 5) is 55.8.